The number of rotatable bonds is 1. The number of benzene rings is 1. The number of carbonyl (C=O) groups is 1. The first-order chi connectivity index (χ1) is 11.3. The van der Waals surface area contributed by atoms with E-state index in [9.17, 15) is 4.79 Å². The van der Waals surface area contributed by atoms with Crippen molar-refractivity contribution in [3.8, 4) is 0 Å². The molecule has 24 heavy (non-hydrogen) atoms. The Kier molecular flexibility index (Phi) is 4.35. The lowest BCUT2D eigenvalue weighted by Crippen LogP contribution is -2.50. The van der Waals surface area contributed by atoms with Gasteiger partial charge in [-0.25, -0.2) is 4.79 Å². The minimum absolute atomic E-state index is 0.222. The van der Waals surface area contributed by atoms with Gasteiger partial charge in [0.25, 0.3) is 0 Å². The Hall–Kier alpha value is -2.30. The van der Waals surface area contributed by atoms with Gasteiger partial charge in [0.1, 0.15) is 5.60 Å². The van der Waals surface area contributed by atoms with Gasteiger partial charge in [-0.3, -0.25) is 4.98 Å². The number of aromatic nitrogens is 1. The first-order valence-corrected chi connectivity index (χ1v) is 8.42. The van der Waals surface area contributed by atoms with Crippen LogP contribution in [-0.2, 0) is 4.74 Å². The normalized spacial score (nSPS) is 15.7. The van der Waals surface area contributed by atoms with Crippen molar-refractivity contribution in [1.29, 1.82) is 0 Å². The quantitative estimate of drug-likeness (QED) is 0.803. The molecule has 0 atom stereocenters. The van der Waals surface area contributed by atoms with Gasteiger partial charge in [0.2, 0.25) is 0 Å². The number of carbonyl (C=O) groups excluding carboxylic acids is 1. The monoisotopic (exact) mass is 327 g/mol. The third-order valence-corrected chi connectivity index (χ3v) is 4.11. The summed E-state index contributed by atoms with van der Waals surface area (Å²) in [6.45, 7) is 10.7. The van der Waals surface area contributed by atoms with E-state index >= 15 is 0 Å². The number of ether oxygens (including phenoxy) is 1. The van der Waals surface area contributed by atoms with Gasteiger partial charge >= 0.3 is 6.09 Å². The van der Waals surface area contributed by atoms with E-state index in [4.69, 9.17) is 4.74 Å². The molecule has 128 valence electrons. The Morgan fingerprint density at radius 2 is 1.79 bits per heavy atom. The van der Waals surface area contributed by atoms with Crippen molar-refractivity contribution in [2.24, 2.45) is 0 Å². The van der Waals surface area contributed by atoms with Crippen molar-refractivity contribution in [3.05, 3.63) is 36.0 Å². The number of hydrogen-bond acceptors (Lipinski definition) is 4. The Labute approximate surface area is 143 Å². The molecule has 1 aliphatic heterocycles. The maximum Gasteiger partial charge on any atom is 0.410 e. The molecular formula is C19H25N3O2. The summed E-state index contributed by atoms with van der Waals surface area (Å²) in [6.07, 6.45) is -0.222. The zero-order valence-corrected chi connectivity index (χ0v) is 14.9. The molecule has 5 heteroatoms. The molecule has 0 aliphatic carbocycles. The summed E-state index contributed by atoms with van der Waals surface area (Å²) < 4.78 is 5.45. The van der Waals surface area contributed by atoms with Crippen LogP contribution in [0.4, 0.5) is 10.5 Å². The highest BCUT2D eigenvalue weighted by atomic mass is 16.6. The summed E-state index contributed by atoms with van der Waals surface area (Å²) in [7, 11) is 0. The van der Waals surface area contributed by atoms with Crippen molar-refractivity contribution in [2.75, 3.05) is 31.1 Å². The minimum atomic E-state index is -0.447. The summed E-state index contributed by atoms with van der Waals surface area (Å²) in [5.74, 6) is 0. The topological polar surface area (TPSA) is 45.7 Å². The number of pyridine rings is 1. The number of hydrogen-bond donors (Lipinski definition) is 0. The van der Waals surface area contributed by atoms with Crippen molar-refractivity contribution in [2.45, 2.75) is 33.3 Å². The van der Waals surface area contributed by atoms with Crippen molar-refractivity contribution < 1.29 is 9.53 Å². The third-order valence-electron chi connectivity index (χ3n) is 4.11. The van der Waals surface area contributed by atoms with Crippen LogP contribution in [0.3, 0.4) is 0 Å². The second-order valence-corrected chi connectivity index (χ2v) is 7.28. The van der Waals surface area contributed by atoms with Gasteiger partial charge in [-0.15, -0.1) is 0 Å². The summed E-state index contributed by atoms with van der Waals surface area (Å²) >= 11 is 0. The molecule has 1 aliphatic rings. The first-order valence-electron chi connectivity index (χ1n) is 8.42. The van der Waals surface area contributed by atoms with E-state index in [0.29, 0.717) is 13.1 Å². The van der Waals surface area contributed by atoms with Gasteiger partial charge in [-0.1, -0.05) is 6.07 Å². The second kappa shape index (κ2) is 6.30. The molecule has 0 radical (unpaired) electrons. The smallest absolute Gasteiger partial charge is 0.410 e. The molecule has 0 unspecified atom stereocenters. The maximum atomic E-state index is 12.1. The Morgan fingerprint density at radius 1 is 1.08 bits per heavy atom. The third kappa shape index (κ3) is 3.78. The molecule has 0 bridgehead atoms. The van der Waals surface area contributed by atoms with Crippen molar-refractivity contribution >= 4 is 22.7 Å². The molecule has 1 aromatic heterocycles. The lowest BCUT2D eigenvalue weighted by atomic mass is 10.1. The van der Waals surface area contributed by atoms with Gasteiger partial charge in [-0.05, 0) is 52.0 Å². The van der Waals surface area contributed by atoms with Crippen molar-refractivity contribution in [3.63, 3.8) is 0 Å². The van der Waals surface area contributed by atoms with Crippen molar-refractivity contribution in [1.82, 2.24) is 9.88 Å². The van der Waals surface area contributed by atoms with Crippen LogP contribution in [0.25, 0.3) is 10.9 Å². The molecule has 0 spiro atoms. The standard InChI is InChI=1S/C19H25N3O2/c1-14-5-6-15-13-16(7-8-17(15)20-14)21-9-11-22(12-10-21)18(23)24-19(2,3)4/h5-8,13H,9-12H2,1-4H3. The summed E-state index contributed by atoms with van der Waals surface area (Å²) in [5, 5.41) is 1.15. The van der Waals surface area contributed by atoms with Crippen LogP contribution >= 0.6 is 0 Å². The number of piperazine rings is 1. The lowest BCUT2D eigenvalue weighted by Gasteiger charge is -2.36. The van der Waals surface area contributed by atoms with Crippen LogP contribution < -0.4 is 4.90 Å². The number of amides is 1. The van der Waals surface area contributed by atoms with E-state index in [-0.39, 0.29) is 6.09 Å². The summed E-state index contributed by atoms with van der Waals surface area (Å²) in [5.41, 5.74) is 2.78. The molecule has 5 nitrogen and oxygen atoms in total. The van der Waals surface area contributed by atoms with E-state index in [2.05, 4.69) is 34.1 Å². The van der Waals surface area contributed by atoms with Crippen LogP contribution in [0, 0.1) is 6.92 Å². The average molecular weight is 327 g/mol. The van der Waals surface area contributed by atoms with E-state index in [1.54, 1.807) is 4.90 Å². The first kappa shape index (κ1) is 16.6. The zero-order chi connectivity index (χ0) is 17.3. The molecule has 0 saturated carbocycles. The van der Waals surface area contributed by atoms with E-state index in [1.165, 1.54) is 5.69 Å². The number of fused-ring (bicyclic) bond motifs is 1. The van der Waals surface area contributed by atoms with Crippen LogP contribution in [0.15, 0.2) is 30.3 Å². The number of aryl methyl sites for hydroxylation is 1. The zero-order valence-electron chi connectivity index (χ0n) is 14.9. The van der Waals surface area contributed by atoms with Crippen LogP contribution in [0.5, 0.6) is 0 Å². The molecule has 3 rings (SSSR count). The molecule has 2 aromatic rings. The van der Waals surface area contributed by atoms with Crippen LogP contribution in [-0.4, -0.2) is 47.8 Å². The predicted octanol–water partition coefficient (Wildman–Crippen LogP) is 3.60. The fourth-order valence-electron chi connectivity index (χ4n) is 2.89. The summed E-state index contributed by atoms with van der Waals surface area (Å²) in [4.78, 5) is 20.8. The SMILES string of the molecule is Cc1ccc2cc(N3CCN(C(=O)OC(C)(C)C)CC3)ccc2n1. The summed E-state index contributed by atoms with van der Waals surface area (Å²) in [6, 6.07) is 10.5. The average Bonchev–Trinajstić information content (AvgIpc) is 2.53. The molecule has 1 amide bonds. The van der Waals surface area contributed by atoms with Gasteiger partial charge in [-0.2, -0.15) is 0 Å². The Balaban J connectivity index is 1.66. The van der Waals surface area contributed by atoms with Gasteiger partial charge in [0.15, 0.2) is 0 Å². The maximum absolute atomic E-state index is 12.1. The highest BCUT2D eigenvalue weighted by molar-refractivity contribution is 5.82. The molecular weight excluding hydrogens is 302 g/mol. The van der Waals surface area contributed by atoms with E-state index in [0.717, 1.165) is 29.7 Å². The molecule has 1 aromatic carbocycles. The minimum Gasteiger partial charge on any atom is -0.444 e. The molecule has 0 N–H and O–H groups in total. The van der Waals surface area contributed by atoms with Crippen LogP contribution in [0.2, 0.25) is 0 Å². The molecule has 2 heterocycles. The molecule has 1 fully saturated rings. The highest BCUT2D eigenvalue weighted by Gasteiger charge is 2.25. The number of anilines is 1. The van der Waals surface area contributed by atoms with E-state index < -0.39 is 5.60 Å². The fourth-order valence-corrected chi connectivity index (χ4v) is 2.89. The second-order valence-electron chi connectivity index (χ2n) is 7.28. The number of nitrogens with zero attached hydrogens (tertiary/aromatic N) is 3. The predicted molar refractivity (Wildman–Crippen MR) is 96.5 cm³/mol. The van der Waals surface area contributed by atoms with Crippen LogP contribution in [0.1, 0.15) is 26.5 Å². The van der Waals surface area contributed by atoms with Gasteiger partial charge in [0.05, 0.1) is 5.52 Å². The largest absolute Gasteiger partial charge is 0.444 e. The van der Waals surface area contributed by atoms with E-state index in [1.807, 2.05) is 33.8 Å². The lowest BCUT2D eigenvalue weighted by molar-refractivity contribution is 0.0240. The Bertz CT molecular complexity index is 744. The fraction of sp³-hybridized carbons (Fsp3) is 0.474. The van der Waals surface area contributed by atoms with Gasteiger partial charge in [0, 0.05) is 42.9 Å². The van der Waals surface area contributed by atoms with Gasteiger partial charge < -0.3 is 14.5 Å². The molecule has 1 saturated heterocycles. The highest BCUT2D eigenvalue weighted by Crippen LogP contribution is 2.23. The Morgan fingerprint density at radius 3 is 2.46 bits per heavy atom.